The van der Waals surface area contributed by atoms with Crippen LogP contribution in [0.4, 0.5) is 0 Å². The number of thiazole rings is 1. The number of amides is 2. The summed E-state index contributed by atoms with van der Waals surface area (Å²) >= 11 is 1.30. The van der Waals surface area contributed by atoms with E-state index in [0.29, 0.717) is 11.4 Å². The number of carbonyl (C=O) groups is 2. The second kappa shape index (κ2) is 7.10. The highest BCUT2D eigenvalue weighted by Gasteiger charge is 2.09. The number of rotatable bonds is 6. The molecule has 0 aliphatic rings. The van der Waals surface area contributed by atoms with Gasteiger partial charge in [-0.3, -0.25) is 9.59 Å². The second-order valence-corrected chi connectivity index (χ2v) is 6.14. The number of hydrogen-bond acceptors (Lipinski definition) is 4. The third-order valence-corrected chi connectivity index (χ3v) is 4.29. The molecule has 0 aliphatic carbocycles. The smallest absolute Gasteiger partial charge is 0.268 e. The van der Waals surface area contributed by atoms with Gasteiger partial charge in [-0.25, -0.2) is 4.98 Å². The van der Waals surface area contributed by atoms with E-state index in [2.05, 4.69) is 10.3 Å². The normalized spacial score (nSPS) is 10.5. The lowest BCUT2D eigenvalue weighted by Crippen LogP contribution is -2.24. The average Bonchev–Trinajstić information content (AvgIpc) is 3.25. The fraction of sp³-hybridized carbons (Fsp3) is 0.118. The molecule has 3 aromatic rings. The first-order chi connectivity index (χ1) is 11.6. The minimum atomic E-state index is -0.563. The Morgan fingerprint density at radius 3 is 2.50 bits per heavy atom. The highest BCUT2D eigenvalue weighted by molar-refractivity contribution is 7.09. The Morgan fingerprint density at radius 1 is 1.17 bits per heavy atom. The van der Waals surface area contributed by atoms with Crippen LogP contribution in [-0.4, -0.2) is 21.4 Å². The number of nitrogens with zero attached hydrogens (tertiary/aromatic N) is 2. The van der Waals surface area contributed by atoms with Crippen molar-refractivity contribution in [1.29, 1.82) is 0 Å². The van der Waals surface area contributed by atoms with Crippen LogP contribution in [0.25, 0.3) is 5.69 Å². The molecule has 2 aromatic heterocycles. The second-order valence-electron chi connectivity index (χ2n) is 5.20. The summed E-state index contributed by atoms with van der Waals surface area (Å²) in [6.07, 6.45) is 4.23. The van der Waals surface area contributed by atoms with Crippen LogP contribution in [0.2, 0.25) is 0 Å². The summed E-state index contributed by atoms with van der Waals surface area (Å²) in [5, 5.41) is 5.03. The van der Waals surface area contributed by atoms with Crippen molar-refractivity contribution in [3.63, 3.8) is 0 Å². The highest BCUT2D eigenvalue weighted by atomic mass is 32.1. The molecule has 0 unspecified atom stereocenters. The van der Waals surface area contributed by atoms with Gasteiger partial charge in [0.1, 0.15) is 10.7 Å². The highest BCUT2D eigenvalue weighted by Crippen LogP contribution is 2.11. The van der Waals surface area contributed by atoms with E-state index >= 15 is 0 Å². The third-order valence-electron chi connectivity index (χ3n) is 3.44. The number of nitrogens with one attached hydrogen (secondary N) is 1. The first kappa shape index (κ1) is 15.9. The van der Waals surface area contributed by atoms with Crippen molar-refractivity contribution >= 4 is 23.2 Å². The van der Waals surface area contributed by atoms with Gasteiger partial charge in [0.25, 0.3) is 5.91 Å². The summed E-state index contributed by atoms with van der Waals surface area (Å²) in [4.78, 5) is 27.0. The molecule has 0 bridgehead atoms. The lowest BCUT2D eigenvalue weighted by atomic mass is 10.1. The molecule has 24 heavy (non-hydrogen) atoms. The van der Waals surface area contributed by atoms with Gasteiger partial charge >= 0.3 is 0 Å². The molecule has 3 N–H and O–H groups in total. The van der Waals surface area contributed by atoms with E-state index in [-0.39, 0.29) is 18.1 Å². The van der Waals surface area contributed by atoms with Crippen LogP contribution in [0, 0.1) is 0 Å². The SMILES string of the molecule is NC(=O)c1csc(CNC(=O)Cc2ccc(-n3cccc3)cc2)n1. The van der Waals surface area contributed by atoms with Crippen molar-refractivity contribution < 1.29 is 9.59 Å². The van der Waals surface area contributed by atoms with Gasteiger partial charge in [0.15, 0.2) is 0 Å². The molecule has 0 fully saturated rings. The summed E-state index contributed by atoms with van der Waals surface area (Å²) in [5.41, 5.74) is 7.35. The Labute approximate surface area is 142 Å². The third kappa shape index (κ3) is 3.88. The van der Waals surface area contributed by atoms with Crippen LogP contribution in [0.15, 0.2) is 54.2 Å². The van der Waals surface area contributed by atoms with Crippen molar-refractivity contribution in [2.45, 2.75) is 13.0 Å². The lowest BCUT2D eigenvalue weighted by Gasteiger charge is -2.06. The Bertz CT molecular complexity index is 838. The fourth-order valence-corrected chi connectivity index (χ4v) is 2.94. The molecule has 0 spiro atoms. The minimum Gasteiger partial charge on any atom is -0.364 e. The molecule has 2 heterocycles. The molecule has 0 atom stereocenters. The first-order valence-corrected chi connectivity index (χ1v) is 8.23. The van der Waals surface area contributed by atoms with Gasteiger partial charge in [-0.15, -0.1) is 11.3 Å². The van der Waals surface area contributed by atoms with Gasteiger partial charge < -0.3 is 15.6 Å². The van der Waals surface area contributed by atoms with E-state index < -0.39 is 5.91 Å². The van der Waals surface area contributed by atoms with E-state index in [0.717, 1.165) is 11.3 Å². The summed E-state index contributed by atoms with van der Waals surface area (Å²) in [7, 11) is 0. The molecule has 0 saturated carbocycles. The molecule has 3 rings (SSSR count). The summed E-state index contributed by atoms with van der Waals surface area (Å²) in [6.45, 7) is 0.290. The fourth-order valence-electron chi connectivity index (χ4n) is 2.22. The molecule has 1 aromatic carbocycles. The number of nitrogens with two attached hydrogens (primary N) is 1. The predicted molar refractivity (Wildman–Crippen MR) is 92.0 cm³/mol. The number of hydrogen-bond donors (Lipinski definition) is 2. The van der Waals surface area contributed by atoms with E-state index in [1.54, 1.807) is 5.38 Å². The maximum Gasteiger partial charge on any atom is 0.268 e. The van der Waals surface area contributed by atoms with E-state index in [1.165, 1.54) is 11.3 Å². The van der Waals surface area contributed by atoms with Gasteiger partial charge in [0.2, 0.25) is 5.91 Å². The maximum atomic E-state index is 12.0. The summed E-state index contributed by atoms with van der Waals surface area (Å²) in [6, 6.07) is 11.7. The van der Waals surface area contributed by atoms with Crippen LogP contribution >= 0.6 is 11.3 Å². The first-order valence-electron chi connectivity index (χ1n) is 7.35. The number of carbonyl (C=O) groups excluding carboxylic acids is 2. The van der Waals surface area contributed by atoms with Gasteiger partial charge in [-0.1, -0.05) is 12.1 Å². The monoisotopic (exact) mass is 340 g/mol. The zero-order chi connectivity index (χ0) is 16.9. The molecule has 6 nitrogen and oxygen atoms in total. The van der Waals surface area contributed by atoms with Crippen molar-refractivity contribution in [1.82, 2.24) is 14.9 Å². The van der Waals surface area contributed by atoms with Crippen molar-refractivity contribution in [2.24, 2.45) is 5.73 Å². The molecular formula is C17H16N4O2S. The van der Waals surface area contributed by atoms with Crippen LogP contribution in [0.1, 0.15) is 21.1 Å². The molecule has 2 amide bonds. The van der Waals surface area contributed by atoms with Crippen molar-refractivity contribution in [3.8, 4) is 5.69 Å². The molecule has 0 aliphatic heterocycles. The Morgan fingerprint density at radius 2 is 1.88 bits per heavy atom. The van der Waals surface area contributed by atoms with E-state index in [1.807, 2.05) is 53.4 Å². The molecule has 122 valence electrons. The molecular weight excluding hydrogens is 324 g/mol. The van der Waals surface area contributed by atoms with Crippen LogP contribution in [-0.2, 0) is 17.8 Å². The van der Waals surface area contributed by atoms with Gasteiger partial charge in [0.05, 0.1) is 13.0 Å². The number of aromatic nitrogens is 2. The van der Waals surface area contributed by atoms with Gasteiger partial charge in [-0.2, -0.15) is 0 Å². The average molecular weight is 340 g/mol. The maximum absolute atomic E-state index is 12.0. The standard InChI is InChI=1S/C17H16N4O2S/c18-17(23)14-11-24-16(20-14)10-19-15(22)9-12-3-5-13(6-4-12)21-7-1-2-8-21/h1-8,11H,9-10H2,(H2,18,23)(H,19,22). The van der Waals surface area contributed by atoms with E-state index in [4.69, 9.17) is 5.73 Å². The molecule has 0 radical (unpaired) electrons. The van der Waals surface area contributed by atoms with Crippen molar-refractivity contribution in [2.75, 3.05) is 0 Å². The predicted octanol–water partition coefficient (Wildman–Crippen LogP) is 1.89. The molecule has 7 heteroatoms. The zero-order valence-corrected chi connectivity index (χ0v) is 13.6. The van der Waals surface area contributed by atoms with Crippen LogP contribution < -0.4 is 11.1 Å². The van der Waals surface area contributed by atoms with Gasteiger partial charge in [0, 0.05) is 23.5 Å². The minimum absolute atomic E-state index is 0.0976. The summed E-state index contributed by atoms with van der Waals surface area (Å²) < 4.78 is 2.00. The van der Waals surface area contributed by atoms with E-state index in [9.17, 15) is 9.59 Å². The Balaban J connectivity index is 1.53. The van der Waals surface area contributed by atoms with Crippen LogP contribution in [0.5, 0.6) is 0 Å². The summed E-state index contributed by atoms with van der Waals surface area (Å²) in [5.74, 6) is -0.661. The molecule has 0 saturated heterocycles. The van der Waals surface area contributed by atoms with Crippen LogP contribution in [0.3, 0.4) is 0 Å². The van der Waals surface area contributed by atoms with Gasteiger partial charge in [-0.05, 0) is 29.8 Å². The quantitative estimate of drug-likeness (QED) is 0.718. The Hall–Kier alpha value is -2.93. The topological polar surface area (TPSA) is 90.0 Å². The number of benzene rings is 1. The zero-order valence-electron chi connectivity index (χ0n) is 12.8. The number of primary amides is 1. The largest absolute Gasteiger partial charge is 0.364 e. The Kier molecular flexibility index (Phi) is 4.72. The lowest BCUT2D eigenvalue weighted by molar-refractivity contribution is -0.120. The van der Waals surface area contributed by atoms with Crippen molar-refractivity contribution in [3.05, 3.63) is 70.4 Å².